The minimum absolute atomic E-state index is 0.0219. The molecule has 0 spiro atoms. The second kappa shape index (κ2) is 12.8. The summed E-state index contributed by atoms with van der Waals surface area (Å²) in [7, 11) is 0. The van der Waals surface area contributed by atoms with Gasteiger partial charge in [-0.2, -0.15) is 0 Å². The van der Waals surface area contributed by atoms with Crippen LogP contribution in [0.5, 0.6) is 0 Å². The highest BCUT2D eigenvalue weighted by molar-refractivity contribution is 7.09. The van der Waals surface area contributed by atoms with Gasteiger partial charge in [-0.15, -0.1) is 11.3 Å². The molecule has 0 radical (unpaired) electrons. The van der Waals surface area contributed by atoms with Gasteiger partial charge in [0.15, 0.2) is 0 Å². The lowest BCUT2D eigenvalue weighted by molar-refractivity contribution is 0.0645. The highest BCUT2D eigenvalue weighted by atomic mass is 32.1. The molecule has 0 saturated carbocycles. The summed E-state index contributed by atoms with van der Waals surface area (Å²) in [6.07, 6.45) is 4.31. The molecule has 1 N–H and O–H groups in total. The summed E-state index contributed by atoms with van der Waals surface area (Å²) < 4.78 is 0. The molecular weight excluding hydrogens is 494 g/mol. The lowest BCUT2D eigenvalue weighted by Crippen LogP contribution is -2.48. The summed E-state index contributed by atoms with van der Waals surface area (Å²) >= 11 is 1.43. The number of aromatic nitrogens is 1. The highest BCUT2D eigenvalue weighted by Crippen LogP contribution is 2.22. The van der Waals surface area contributed by atoms with Crippen LogP contribution in [0.25, 0.3) is 6.08 Å². The molecule has 2 aromatic carbocycles. The molecule has 38 heavy (non-hydrogen) atoms. The van der Waals surface area contributed by atoms with Crippen LogP contribution in [-0.4, -0.2) is 70.4 Å². The Morgan fingerprint density at radius 3 is 2.37 bits per heavy atom. The number of benzene rings is 2. The predicted octanol–water partition coefficient (Wildman–Crippen LogP) is 5.67. The molecule has 3 amide bonds. The van der Waals surface area contributed by atoms with E-state index in [1.807, 2.05) is 74.4 Å². The molecule has 0 unspecified atom stereocenters. The van der Waals surface area contributed by atoms with Crippen LogP contribution >= 0.6 is 11.3 Å². The lowest BCUT2D eigenvalue weighted by Gasteiger charge is -2.33. The highest BCUT2D eigenvalue weighted by Gasteiger charge is 2.25. The number of amides is 3. The smallest absolute Gasteiger partial charge is 0.322 e. The largest absolute Gasteiger partial charge is 0.335 e. The zero-order valence-electron chi connectivity index (χ0n) is 22.7. The van der Waals surface area contributed by atoms with Gasteiger partial charge in [-0.25, -0.2) is 9.78 Å². The van der Waals surface area contributed by atoms with Crippen LogP contribution in [-0.2, 0) is 6.54 Å². The van der Waals surface area contributed by atoms with E-state index in [1.54, 1.807) is 4.90 Å². The van der Waals surface area contributed by atoms with E-state index in [0.29, 0.717) is 25.3 Å². The maximum atomic E-state index is 13.1. The van der Waals surface area contributed by atoms with Crippen LogP contribution in [0.15, 0.2) is 60.0 Å². The molecule has 4 rings (SSSR count). The average Bonchev–Trinajstić information content (AvgIpc) is 3.38. The molecular formula is C30H37N5O2S. The number of aryl methyl sites for hydroxylation is 2. The van der Waals surface area contributed by atoms with Crippen molar-refractivity contribution in [3.8, 4) is 0 Å². The Kier molecular flexibility index (Phi) is 9.31. The van der Waals surface area contributed by atoms with Gasteiger partial charge in [0.05, 0.1) is 6.54 Å². The van der Waals surface area contributed by atoms with E-state index in [4.69, 9.17) is 0 Å². The number of hydrogen-bond donors (Lipinski definition) is 1. The summed E-state index contributed by atoms with van der Waals surface area (Å²) in [5.74, 6) is -0.0388. The van der Waals surface area contributed by atoms with Gasteiger partial charge in [-0.1, -0.05) is 60.7 Å². The second-order valence-electron chi connectivity index (χ2n) is 9.95. The quantitative estimate of drug-likeness (QED) is 0.406. The molecule has 1 aromatic heterocycles. The number of anilines is 1. The monoisotopic (exact) mass is 531 g/mol. The lowest BCUT2D eigenvalue weighted by atomic mass is 10.1. The van der Waals surface area contributed by atoms with E-state index < -0.39 is 0 Å². The summed E-state index contributed by atoms with van der Waals surface area (Å²) in [6, 6.07) is 16.0. The number of carbonyl (C=O) groups excluding carboxylic acids is 2. The zero-order valence-corrected chi connectivity index (χ0v) is 23.5. The van der Waals surface area contributed by atoms with Gasteiger partial charge >= 0.3 is 6.03 Å². The minimum Gasteiger partial charge on any atom is -0.335 e. The van der Waals surface area contributed by atoms with Crippen LogP contribution in [0, 0.1) is 13.8 Å². The molecule has 200 valence electrons. The van der Waals surface area contributed by atoms with E-state index in [-0.39, 0.29) is 18.0 Å². The van der Waals surface area contributed by atoms with Crippen LogP contribution in [0.2, 0.25) is 0 Å². The molecule has 8 heteroatoms. The maximum Gasteiger partial charge on any atom is 0.322 e. The van der Waals surface area contributed by atoms with Crippen molar-refractivity contribution in [1.29, 1.82) is 0 Å². The zero-order chi connectivity index (χ0) is 27.1. The van der Waals surface area contributed by atoms with Gasteiger partial charge in [0.2, 0.25) is 0 Å². The third-order valence-corrected chi connectivity index (χ3v) is 7.64. The van der Waals surface area contributed by atoms with Crippen molar-refractivity contribution in [3.63, 3.8) is 0 Å². The number of hydrogen-bond acceptors (Lipinski definition) is 5. The molecule has 1 aliphatic rings. The molecule has 3 aromatic rings. The van der Waals surface area contributed by atoms with Crippen LogP contribution in [0.4, 0.5) is 10.5 Å². The summed E-state index contributed by atoms with van der Waals surface area (Å²) in [4.78, 5) is 36.9. The number of rotatable bonds is 8. The van der Waals surface area contributed by atoms with Crippen molar-refractivity contribution in [3.05, 3.63) is 87.4 Å². The number of piperazine rings is 1. The number of carbonyl (C=O) groups is 2. The van der Waals surface area contributed by atoms with Gasteiger partial charge in [0.1, 0.15) is 10.7 Å². The van der Waals surface area contributed by atoms with Crippen molar-refractivity contribution < 1.29 is 9.59 Å². The molecule has 1 fully saturated rings. The van der Waals surface area contributed by atoms with Crippen LogP contribution < -0.4 is 5.32 Å². The number of nitrogens with zero attached hydrogens (tertiary/aromatic N) is 4. The normalized spacial score (nSPS) is 14.3. The SMILES string of the molecule is Cc1cccc(C)c1NC(=O)N(Cc1nc(C(=O)N2CCN(CC=Cc3ccccc3)CC2)cs1)C(C)C. The van der Waals surface area contributed by atoms with Crippen molar-refractivity contribution in [2.45, 2.75) is 40.3 Å². The number of urea groups is 1. The Bertz CT molecular complexity index is 1240. The van der Waals surface area contributed by atoms with Crippen molar-refractivity contribution in [1.82, 2.24) is 19.7 Å². The molecule has 0 aliphatic carbocycles. The molecule has 2 heterocycles. The van der Waals surface area contributed by atoms with Gasteiger partial charge in [0, 0.05) is 49.8 Å². The molecule has 1 aliphatic heterocycles. The number of nitrogens with one attached hydrogen (secondary N) is 1. The van der Waals surface area contributed by atoms with Gasteiger partial charge in [-0.05, 0) is 44.4 Å². The van der Waals surface area contributed by atoms with E-state index in [2.05, 4.69) is 39.5 Å². The standard InChI is InChI=1S/C30H37N5O2S/c1-22(2)35(30(37)32-28-23(3)10-8-11-24(28)4)20-27-31-26(21-38-27)29(36)34-18-16-33(17-19-34)15-9-14-25-12-6-5-7-13-25/h5-14,21-22H,15-20H2,1-4H3,(H,32,37). The molecule has 7 nitrogen and oxygen atoms in total. The van der Waals surface area contributed by atoms with Gasteiger partial charge < -0.3 is 15.1 Å². The van der Waals surface area contributed by atoms with Gasteiger partial charge in [-0.3, -0.25) is 9.69 Å². The molecule has 0 bridgehead atoms. The van der Waals surface area contributed by atoms with Gasteiger partial charge in [0.25, 0.3) is 5.91 Å². The number of para-hydroxylation sites is 1. The summed E-state index contributed by atoms with van der Waals surface area (Å²) in [5.41, 5.74) is 4.54. The first kappa shape index (κ1) is 27.5. The average molecular weight is 532 g/mol. The molecule has 1 saturated heterocycles. The maximum absolute atomic E-state index is 13.1. The summed E-state index contributed by atoms with van der Waals surface area (Å²) in [5, 5.41) is 5.64. The van der Waals surface area contributed by atoms with Crippen molar-refractivity contribution in [2.24, 2.45) is 0 Å². The Morgan fingerprint density at radius 2 is 1.71 bits per heavy atom. The fourth-order valence-electron chi connectivity index (χ4n) is 4.50. The first-order valence-corrected chi connectivity index (χ1v) is 14.0. The first-order valence-electron chi connectivity index (χ1n) is 13.1. The third kappa shape index (κ3) is 7.08. The fraction of sp³-hybridized carbons (Fsp3) is 0.367. The topological polar surface area (TPSA) is 68.8 Å². The minimum atomic E-state index is -0.169. The van der Waals surface area contributed by atoms with Crippen molar-refractivity contribution in [2.75, 3.05) is 38.0 Å². The first-order chi connectivity index (χ1) is 18.3. The van der Waals surface area contributed by atoms with Crippen LogP contribution in [0.1, 0.15) is 46.0 Å². The van der Waals surface area contributed by atoms with Crippen LogP contribution in [0.3, 0.4) is 0 Å². The van der Waals surface area contributed by atoms with Crippen molar-refractivity contribution >= 4 is 35.0 Å². The van der Waals surface area contributed by atoms with E-state index >= 15 is 0 Å². The molecule has 0 atom stereocenters. The Morgan fingerprint density at radius 1 is 1.03 bits per heavy atom. The Hall–Kier alpha value is -3.49. The second-order valence-corrected chi connectivity index (χ2v) is 10.9. The van der Waals surface area contributed by atoms with E-state index in [1.165, 1.54) is 16.9 Å². The Balaban J connectivity index is 1.30. The Labute approximate surface area is 229 Å². The summed E-state index contributed by atoms with van der Waals surface area (Å²) in [6.45, 7) is 12.2. The van der Waals surface area contributed by atoms with E-state index in [0.717, 1.165) is 41.5 Å². The predicted molar refractivity (Wildman–Crippen MR) is 156 cm³/mol. The van der Waals surface area contributed by atoms with E-state index in [9.17, 15) is 9.59 Å². The number of thiazole rings is 1. The fourth-order valence-corrected chi connectivity index (χ4v) is 5.27. The third-order valence-electron chi connectivity index (χ3n) is 6.81.